The molecular formula is C8H16O2S. The summed E-state index contributed by atoms with van der Waals surface area (Å²) in [4.78, 5) is 10.9. The molecule has 66 valence electrons. The van der Waals surface area contributed by atoms with E-state index in [0.717, 1.165) is 25.0 Å². The maximum absolute atomic E-state index is 10.9. The van der Waals surface area contributed by atoms with Crippen molar-refractivity contribution in [2.45, 2.75) is 26.2 Å². The van der Waals surface area contributed by atoms with Crippen LogP contribution in [0.15, 0.2) is 0 Å². The lowest BCUT2D eigenvalue weighted by Crippen LogP contribution is -2.12. The fraction of sp³-hybridized carbons (Fsp3) is 0.875. The molecule has 2 nitrogen and oxygen atoms in total. The van der Waals surface area contributed by atoms with Crippen LogP contribution in [0.1, 0.15) is 26.2 Å². The molecule has 0 rings (SSSR count). The molecule has 0 bridgehead atoms. The van der Waals surface area contributed by atoms with Gasteiger partial charge in [-0.15, -0.1) is 0 Å². The Kier molecular flexibility index (Phi) is 6.42. The van der Waals surface area contributed by atoms with Gasteiger partial charge in [0.2, 0.25) is 0 Å². The standard InChI is InChI=1S/C8H16O2S/c1-7(8(9)10-2)5-3-4-6-11/h7,11H,3-6H2,1-2H3. The molecule has 1 atom stereocenters. The van der Waals surface area contributed by atoms with Crippen molar-refractivity contribution in [3.05, 3.63) is 0 Å². The molecule has 3 heteroatoms. The molecule has 0 saturated carbocycles. The Morgan fingerprint density at radius 3 is 2.64 bits per heavy atom. The molecule has 1 unspecified atom stereocenters. The Morgan fingerprint density at radius 1 is 1.55 bits per heavy atom. The summed E-state index contributed by atoms with van der Waals surface area (Å²) in [7, 11) is 1.43. The molecule has 0 aromatic carbocycles. The van der Waals surface area contributed by atoms with E-state index >= 15 is 0 Å². The van der Waals surface area contributed by atoms with Crippen LogP contribution in [0, 0.1) is 5.92 Å². The summed E-state index contributed by atoms with van der Waals surface area (Å²) in [5.41, 5.74) is 0. The van der Waals surface area contributed by atoms with Gasteiger partial charge in [0.1, 0.15) is 0 Å². The number of hydrogen-bond acceptors (Lipinski definition) is 3. The molecule has 0 aliphatic carbocycles. The third-order valence-corrected chi connectivity index (χ3v) is 1.97. The number of hydrogen-bond donors (Lipinski definition) is 1. The molecular weight excluding hydrogens is 160 g/mol. The minimum Gasteiger partial charge on any atom is -0.469 e. The number of methoxy groups -OCH3 is 1. The zero-order chi connectivity index (χ0) is 8.69. The molecule has 0 fully saturated rings. The van der Waals surface area contributed by atoms with Gasteiger partial charge in [-0.3, -0.25) is 4.79 Å². The van der Waals surface area contributed by atoms with Crippen LogP contribution in [0.2, 0.25) is 0 Å². The summed E-state index contributed by atoms with van der Waals surface area (Å²) in [6.07, 6.45) is 3.04. The van der Waals surface area contributed by atoms with Crippen LogP contribution in [0.5, 0.6) is 0 Å². The van der Waals surface area contributed by atoms with Gasteiger partial charge in [-0.25, -0.2) is 0 Å². The van der Waals surface area contributed by atoms with Gasteiger partial charge in [0, 0.05) is 0 Å². The topological polar surface area (TPSA) is 26.3 Å². The molecule has 0 aromatic rings. The smallest absolute Gasteiger partial charge is 0.308 e. The van der Waals surface area contributed by atoms with Crippen LogP contribution in [0.4, 0.5) is 0 Å². The Morgan fingerprint density at radius 2 is 2.18 bits per heavy atom. The van der Waals surface area contributed by atoms with Crippen molar-refractivity contribution in [1.82, 2.24) is 0 Å². The number of carbonyl (C=O) groups is 1. The number of thiol groups is 1. The van der Waals surface area contributed by atoms with Crippen molar-refractivity contribution < 1.29 is 9.53 Å². The molecule has 0 N–H and O–H groups in total. The molecule has 0 aromatic heterocycles. The second-order valence-electron chi connectivity index (χ2n) is 2.64. The van der Waals surface area contributed by atoms with E-state index in [-0.39, 0.29) is 11.9 Å². The van der Waals surface area contributed by atoms with Gasteiger partial charge in [-0.05, 0) is 18.6 Å². The number of rotatable bonds is 5. The summed E-state index contributed by atoms with van der Waals surface area (Å²) in [5.74, 6) is 0.831. The van der Waals surface area contributed by atoms with Crippen molar-refractivity contribution in [2.24, 2.45) is 5.92 Å². The van der Waals surface area contributed by atoms with Gasteiger partial charge in [-0.1, -0.05) is 13.3 Å². The monoisotopic (exact) mass is 176 g/mol. The fourth-order valence-corrected chi connectivity index (χ4v) is 1.10. The summed E-state index contributed by atoms with van der Waals surface area (Å²) >= 11 is 4.08. The fourth-order valence-electron chi connectivity index (χ4n) is 0.881. The van der Waals surface area contributed by atoms with Crippen LogP contribution in [-0.2, 0) is 9.53 Å². The first-order valence-electron chi connectivity index (χ1n) is 3.91. The molecule has 0 radical (unpaired) electrons. The van der Waals surface area contributed by atoms with Crippen LogP contribution in [0.25, 0.3) is 0 Å². The van der Waals surface area contributed by atoms with Crippen molar-refractivity contribution in [3.8, 4) is 0 Å². The van der Waals surface area contributed by atoms with Gasteiger partial charge in [0.15, 0.2) is 0 Å². The predicted octanol–water partition coefficient (Wildman–Crippen LogP) is 1.90. The highest BCUT2D eigenvalue weighted by Gasteiger charge is 2.11. The van der Waals surface area contributed by atoms with Crippen molar-refractivity contribution >= 4 is 18.6 Å². The number of carbonyl (C=O) groups excluding carboxylic acids is 1. The van der Waals surface area contributed by atoms with Crippen molar-refractivity contribution in [3.63, 3.8) is 0 Å². The van der Waals surface area contributed by atoms with Gasteiger partial charge in [-0.2, -0.15) is 12.6 Å². The maximum atomic E-state index is 10.9. The molecule has 0 aliphatic heterocycles. The molecule has 11 heavy (non-hydrogen) atoms. The van der Waals surface area contributed by atoms with Crippen LogP contribution in [-0.4, -0.2) is 18.8 Å². The van der Waals surface area contributed by atoms with Crippen molar-refractivity contribution in [2.75, 3.05) is 12.9 Å². The summed E-state index contributed by atoms with van der Waals surface area (Å²) in [6.45, 7) is 1.89. The first-order valence-corrected chi connectivity index (χ1v) is 4.54. The number of ether oxygens (including phenoxy) is 1. The van der Waals surface area contributed by atoms with E-state index in [4.69, 9.17) is 0 Å². The second kappa shape index (κ2) is 6.53. The minimum atomic E-state index is -0.107. The van der Waals surface area contributed by atoms with Gasteiger partial charge in [0.25, 0.3) is 0 Å². The average Bonchev–Trinajstić information content (AvgIpc) is 2.03. The van der Waals surface area contributed by atoms with E-state index in [2.05, 4.69) is 17.4 Å². The van der Waals surface area contributed by atoms with Gasteiger partial charge >= 0.3 is 5.97 Å². The SMILES string of the molecule is COC(=O)C(C)CCCCS. The van der Waals surface area contributed by atoms with E-state index in [1.54, 1.807) is 0 Å². The molecule has 0 aliphatic rings. The van der Waals surface area contributed by atoms with E-state index < -0.39 is 0 Å². The Hall–Kier alpha value is -0.180. The third kappa shape index (κ3) is 5.13. The van der Waals surface area contributed by atoms with Crippen LogP contribution < -0.4 is 0 Å². The Balaban J connectivity index is 3.36. The highest BCUT2D eigenvalue weighted by Crippen LogP contribution is 2.09. The molecule has 0 spiro atoms. The Labute approximate surface area is 73.7 Å². The summed E-state index contributed by atoms with van der Waals surface area (Å²) < 4.78 is 4.58. The van der Waals surface area contributed by atoms with Crippen LogP contribution >= 0.6 is 12.6 Å². The zero-order valence-corrected chi connectivity index (χ0v) is 8.06. The summed E-state index contributed by atoms with van der Waals surface area (Å²) in [5, 5.41) is 0. The lowest BCUT2D eigenvalue weighted by Gasteiger charge is -2.07. The highest BCUT2D eigenvalue weighted by molar-refractivity contribution is 7.80. The lowest BCUT2D eigenvalue weighted by molar-refractivity contribution is -0.145. The van der Waals surface area contributed by atoms with Gasteiger partial charge < -0.3 is 4.74 Å². The van der Waals surface area contributed by atoms with Crippen molar-refractivity contribution in [1.29, 1.82) is 0 Å². The molecule has 0 amide bonds. The van der Waals surface area contributed by atoms with E-state index in [1.807, 2.05) is 6.92 Å². The van der Waals surface area contributed by atoms with Gasteiger partial charge in [0.05, 0.1) is 13.0 Å². The normalized spacial score (nSPS) is 12.6. The minimum absolute atomic E-state index is 0.0416. The first kappa shape index (κ1) is 10.8. The average molecular weight is 176 g/mol. The lowest BCUT2D eigenvalue weighted by atomic mass is 10.1. The summed E-state index contributed by atoms with van der Waals surface area (Å²) in [6, 6.07) is 0. The molecule has 0 heterocycles. The number of esters is 1. The van der Waals surface area contributed by atoms with E-state index in [9.17, 15) is 4.79 Å². The largest absolute Gasteiger partial charge is 0.469 e. The van der Waals surface area contributed by atoms with E-state index in [1.165, 1.54) is 7.11 Å². The molecule has 0 saturated heterocycles. The first-order chi connectivity index (χ1) is 5.22. The quantitative estimate of drug-likeness (QED) is 0.393. The van der Waals surface area contributed by atoms with Crippen LogP contribution in [0.3, 0.4) is 0 Å². The second-order valence-corrected chi connectivity index (χ2v) is 3.09. The Bertz CT molecular complexity index is 115. The maximum Gasteiger partial charge on any atom is 0.308 e. The highest BCUT2D eigenvalue weighted by atomic mass is 32.1. The zero-order valence-electron chi connectivity index (χ0n) is 7.17. The van der Waals surface area contributed by atoms with E-state index in [0.29, 0.717) is 0 Å². The number of unbranched alkanes of at least 4 members (excludes halogenated alkanes) is 1. The predicted molar refractivity (Wildman–Crippen MR) is 48.9 cm³/mol. The third-order valence-electron chi connectivity index (χ3n) is 1.65.